The minimum atomic E-state index is 0.262. The van der Waals surface area contributed by atoms with Crippen LogP contribution in [0, 0.1) is 6.92 Å². The summed E-state index contributed by atoms with van der Waals surface area (Å²) in [7, 11) is 1.93. The van der Waals surface area contributed by atoms with Gasteiger partial charge in [0.25, 0.3) is 0 Å². The fraction of sp³-hybridized carbons (Fsp3) is 0.308. The zero-order valence-electron chi connectivity index (χ0n) is 19.7. The first-order valence-electron chi connectivity index (χ1n) is 11.7. The lowest BCUT2D eigenvalue weighted by Gasteiger charge is -2.24. The SMILES string of the molecule is Cc1c(-c2cnn(C)c2)ccc2ccc(-c3nnc4ccc([C@H](C)N5CC[C@H](N)C5)cn34)nc12. The third-order valence-corrected chi connectivity index (χ3v) is 7.07. The Morgan fingerprint density at radius 3 is 2.68 bits per heavy atom. The molecule has 0 aliphatic carbocycles. The first-order chi connectivity index (χ1) is 16.5. The summed E-state index contributed by atoms with van der Waals surface area (Å²) in [5, 5.41) is 14.3. The predicted octanol–water partition coefficient (Wildman–Crippen LogP) is 3.75. The van der Waals surface area contributed by atoms with Gasteiger partial charge in [-0.1, -0.05) is 24.3 Å². The van der Waals surface area contributed by atoms with Crippen molar-refractivity contribution in [2.75, 3.05) is 13.1 Å². The number of pyridine rings is 2. The maximum Gasteiger partial charge on any atom is 0.187 e. The highest BCUT2D eigenvalue weighted by Gasteiger charge is 2.25. The quantitative estimate of drug-likeness (QED) is 0.447. The molecule has 0 spiro atoms. The summed E-state index contributed by atoms with van der Waals surface area (Å²) in [6.07, 6.45) is 7.11. The number of rotatable bonds is 4. The van der Waals surface area contributed by atoms with Gasteiger partial charge in [-0.15, -0.1) is 10.2 Å². The van der Waals surface area contributed by atoms with Gasteiger partial charge in [-0.25, -0.2) is 4.98 Å². The summed E-state index contributed by atoms with van der Waals surface area (Å²) in [6, 6.07) is 13.1. The van der Waals surface area contributed by atoms with Crippen LogP contribution in [-0.2, 0) is 7.05 Å². The van der Waals surface area contributed by atoms with E-state index in [2.05, 4.69) is 68.9 Å². The van der Waals surface area contributed by atoms with Gasteiger partial charge in [-0.3, -0.25) is 14.0 Å². The molecule has 1 aromatic carbocycles. The lowest BCUT2D eigenvalue weighted by molar-refractivity contribution is 0.259. The molecule has 2 atom stereocenters. The van der Waals surface area contributed by atoms with Crippen molar-refractivity contribution in [1.82, 2.24) is 34.3 Å². The second-order valence-electron chi connectivity index (χ2n) is 9.34. The Balaban J connectivity index is 1.43. The number of nitrogens with two attached hydrogens (primary N) is 1. The smallest absolute Gasteiger partial charge is 0.187 e. The average molecular weight is 453 g/mol. The van der Waals surface area contributed by atoms with Gasteiger partial charge in [0, 0.05) is 55.6 Å². The van der Waals surface area contributed by atoms with Crippen molar-refractivity contribution >= 4 is 16.6 Å². The van der Waals surface area contributed by atoms with E-state index in [9.17, 15) is 0 Å². The van der Waals surface area contributed by atoms with Crippen LogP contribution in [0.2, 0.25) is 0 Å². The summed E-state index contributed by atoms with van der Waals surface area (Å²) in [5.41, 5.74) is 13.3. The van der Waals surface area contributed by atoms with E-state index < -0.39 is 0 Å². The van der Waals surface area contributed by atoms with Gasteiger partial charge in [0.05, 0.1) is 11.7 Å². The van der Waals surface area contributed by atoms with Crippen molar-refractivity contribution < 1.29 is 0 Å². The molecule has 0 saturated carbocycles. The molecule has 0 unspecified atom stereocenters. The number of hydrogen-bond donors (Lipinski definition) is 1. The number of likely N-dealkylation sites (tertiary alicyclic amines) is 1. The second kappa shape index (κ2) is 8.00. The largest absolute Gasteiger partial charge is 0.326 e. The molecule has 4 aromatic heterocycles. The Labute approximate surface area is 198 Å². The molecule has 0 amide bonds. The van der Waals surface area contributed by atoms with Crippen molar-refractivity contribution in [3.8, 4) is 22.6 Å². The molecule has 34 heavy (non-hydrogen) atoms. The van der Waals surface area contributed by atoms with Crippen molar-refractivity contribution in [3.63, 3.8) is 0 Å². The van der Waals surface area contributed by atoms with Crippen molar-refractivity contribution in [3.05, 3.63) is 66.1 Å². The molecule has 172 valence electrons. The molecule has 1 aliphatic heterocycles. The number of nitrogens with zero attached hydrogens (tertiary/aromatic N) is 7. The van der Waals surface area contributed by atoms with Gasteiger partial charge in [0.2, 0.25) is 0 Å². The van der Waals surface area contributed by atoms with Crippen LogP contribution in [0.25, 0.3) is 39.2 Å². The Morgan fingerprint density at radius 2 is 1.91 bits per heavy atom. The van der Waals surface area contributed by atoms with Gasteiger partial charge in [0.15, 0.2) is 11.5 Å². The van der Waals surface area contributed by atoms with Crippen molar-refractivity contribution in [2.24, 2.45) is 12.8 Å². The molecule has 1 fully saturated rings. The zero-order chi connectivity index (χ0) is 23.4. The Bertz CT molecular complexity index is 1510. The van der Waals surface area contributed by atoms with Gasteiger partial charge in [-0.05, 0) is 49.1 Å². The topological polar surface area (TPSA) is 90.2 Å². The minimum Gasteiger partial charge on any atom is -0.326 e. The normalized spacial score (nSPS) is 17.7. The van der Waals surface area contributed by atoms with Crippen LogP contribution in [-0.4, -0.2) is 53.4 Å². The maximum absolute atomic E-state index is 6.14. The Morgan fingerprint density at radius 1 is 1.06 bits per heavy atom. The summed E-state index contributed by atoms with van der Waals surface area (Å²) < 4.78 is 3.87. The highest BCUT2D eigenvalue weighted by molar-refractivity contribution is 5.89. The summed E-state index contributed by atoms with van der Waals surface area (Å²) >= 11 is 0. The summed E-state index contributed by atoms with van der Waals surface area (Å²) in [4.78, 5) is 7.48. The third kappa shape index (κ3) is 3.46. The van der Waals surface area contributed by atoms with E-state index in [-0.39, 0.29) is 12.1 Å². The molecule has 8 nitrogen and oxygen atoms in total. The lowest BCUT2D eigenvalue weighted by atomic mass is 10.00. The van der Waals surface area contributed by atoms with Gasteiger partial charge < -0.3 is 5.73 Å². The monoisotopic (exact) mass is 452 g/mol. The molecule has 5 heterocycles. The molecule has 1 saturated heterocycles. The van der Waals surface area contributed by atoms with Crippen LogP contribution in [0.1, 0.15) is 30.5 Å². The van der Waals surface area contributed by atoms with E-state index in [0.717, 1.165) is 64.3 Å². The highest BCUT2D eigenvalue weighted by atomic mass is 15.3. The summed E-state index contributed by atoms with van der Waals surface area (Å²) in [5.74, 6) is 0.746. The average Bonchev–Trinajstić information content (AvgIpc) is 3.58. The van der Waals surface area contributed by atoms with E-state index in [0.29, 0.717) is 0 Å². The molecule has 2 N–H and O–H groups in total. The second-order valence-corrected chi connectivity index (χ2v) is 9.34. The molecule has 0 bridgehead atoms. The number of aromatic nitrogens is 6. The third-order valence-electron chi connectivity index (χ3n) is 7.07. The molecular weight excluding hydrogens is 424 g/mol. The first kappa shape index (κ1) is 20.9. The first-order valence-corrected chi connectivity index (χ1v) is 11.7. The van der Waals surface area contributed by atoms with Crippen LogP contribution in [0.5, 0.6) is 0 Å². The molecular formula is C26H28N8. The fourth-order valence-corrected chi connectivity index (χ4v) is 5.04. The fourth-order valence-electron chi connectivity index (χ4n) is 5.04. The molecule has 0 radical (unpaired) electrons. The minimum absolute atomic E-state index is 0.262. The molecule has 1 aliphatic rings. The Hall–Kier alpha value is -3.62. The van der Waals surface area contributed by atoms with E-state index in [1.807, 2.05) is 36.3 Å². The standard InChI is InChI=1S/C26H28N8/c1-16-22(20-12-28-32(3)13-20)7-4-18-5-8-23(29-25(16)18)26-31-30-24-9-6-19(14-34(24)26)17(2)33-11-10-21(27)15-33/h4-9,12-14,17,21H,10-11,15,27H2,1-3H3/t17-,21-/m0/s1. The van der Waals surface area contributed by atoms with E-state index >= 15 is 0 Å². The van der Waals surface area contributed by atoms with Gasteiger partial charge in [0.1, 0.15) is 5.69 Å². The van der Waals surface area contributed by atoms with Crippen molar-refractivity contribution in [1.29, 1.82) is 0 Å². The van der Waals surface area contributed by atoms with E-state index in [1.165, 1.54) is 5.56 Å². The number of hydrogen-bond acceptors (Lipinski definition) is 6. The van der Waals surface area contributed by atoms with Crippen LogP contribution in [0.15, 0.2) is 55.0 Å². The zero-order valence-corrected chi connectivity index (χ0v) is 19.7. The Kier molecular flexibility index (Phi) is 4.93. The predicted molar refractivity (Wildman–Crippen MR) is 133 cm³/mol. The van der Waals surface area contributed by atoms with E-state index in [4.69, 9.17) is 10.7 Å². The molecule has 6 rings (SSSR count). The van der Waals surface area contributed by atoms with Crippen molar-refractivity contribution in [2.45, 2.75) is 32.4 Å². The lowest BCUT2D eigenvalue weighted by Crippen LogP contribution is -2.28. The molecule has 8 heteroatoms. The highest BCUT2D eigenvalue weighted by Crippen LogP contribution is 2.31. The van der Waals surface area contributed by atoms with Gasteiger partial charge in [-0.2, -0.15) is 5.10 Å². The van der Waals surface area contributed by atoms with Gasteiger partial charge >= 0.3 is 0 Å². The van der Waals surface area contributed by atoms with Crippen LogP contribution < -0.4 is 5.73 Å². The van der Waals surface area contributed by atoms with Crippen LogP contribution >= 0.6 is 0 Å². The molecule has 5 aromatic rings. The number of fused-ring (bicyclic) bond motifs is 2. The van der Waals surface area contributed by atoms with Crippen LogP contribution in [0.4, 0.5) is 0 Å². The van der Waals surface area contributed by atoms with Crippen LogP contribution in [0.3, 0.4) is 0 Å². The number of aryl methyl sites for hydroxylation is 2. The van der Waals surface area contributed by atoms with E-state index in [1.54, 1.807) is 0 Å². The summed E-state index contributed by atoms with van der Waals surface area (Å²) in [6.45, 7) is 6.31. The maximum atomic E-state index is 6.14. The number of benzene rings is 1.